The van der Waals surface area contributed by atoms with Crippen molar-refractivity contribution < 1.29 is 32.6 Å². The summed E-state index contributed by atoms with van der Waals surface area (Å²) in [5.41, 5.74) is 2.28. The summed E-state index contributed by atoms with van der Waals surface area (Å²) < 4.78 is 37.8. The van der Waals surface area contributed by atoms with Crippen LogP contribution < -0.4 is 15.4 Å². The van der Waals surface area contributed by atoms with Crippen molar-refractivity contribution in [2.75, 3.05) is 17.7 Å². The topological polar surface area (TPSA) is 97.0 Å². The van der Waals surface area contributed by atoms with Gasteiger partial charge in [-0.05, 0) is 71.8 Å². The highest BCUT2D eigenvalue weighted by Gasteiger charge is 2.47. The fourth-order valence-electron chi connectivity index (χ4n) is 4.53. The summed E-state index contributed by atoms with van der Waals surface area (Å²) in [7, 11) is 1.48. The van der Waals surface area contributed by atoms with Crippen LogP contribution in [0.5, 0.6) is 5.75 Å². The second-order valence-corrected chi connectivity index (χ2v) is 9.28. The van der Waals surface area contributed by atoms with Crippen LogP contribution in [0.2, 0.25) is 0 Å². The Labute approximate surface area is 234 Å². The number of ether oxygens (including phenoxy) is 2. The molecular weight excluding hydrogens is 532 g/mol. The van der Waals surface area contributed by atoms with Gasteiger partial charge >= 0.3 is 6.09 Å². The Morgan fingerprint density at radius 2 is 1.41 bits per heavy atom. The molecule has 4 aromatic carbocycles. The van der Waals surface area contributed by atoms with Crippen LogP contribution in [-0.4, -0.2) is 36.0 Å². The van der Waals surface area contributed by atoms with Crippen LogP contribution in [0.15, 0.2) is 97.1 Å². The largest absolute Gasteiger partial charge is 0.496 e. The van der Waals surface area contributed by atoms with Crippen molar-refractivity contribution >= 4 is 29.3 Å². The maximum absolute atomic E-state index is 13.5. The molecule has 208 valence electrons. The smallest absolute Gasteiger partial charge is 0.411 e. The summed E-state index contributed by atoms with van der Waals surface area (Å²) in [5.74, 6) is -1.39. The van der Waals surface area contributed by atoms with Gasteiger partial charge in [-0.3, -0.25) is 14.5 Å². The van der Waals surface area contributed by atoms with Crippen molar-refractivity contribution in [2.24, 2.45) is 0 Å². The third-order valence-corrected chi connectivity index (χ3v) is 6.58. The molecule has 0 aliphatic carbocycles. The van der Waals surface area contributed by atoms with Gasteiger partial charge in [0.2, 0.25) is 0 Å². The minimum Gasteiger partial charge on any atom is -0.496 e. The van der Waals surface area contributed by atoms with E-state index >= 15 is 0 Å². The number of hydrogen-bond acceptors (Lipinski definition) is 5. The van der Waals surface area contributed by atoms with Gasteiger partial charge in [0.1, 0.15) is 17.4 Å². The predicted octanol–water partition coefficient (Wildman–Crippen LogP) is 5.93. The molecule has 3 amide bonds. The maximum atomic E-state index is 13.5. The van der Waals surface area contributed by atoms with Gasteiger partial charge in [0, 0.05) is 11.4 Å². The first-order chi connectivity index (χ1) is 19.8. The number of cyclic esters (lactones) is 1. The molecule has 0 spiro atoms. The molecule has 0 unspecified atom stereocenters. The SMILES string of the molecule is COc1ccccc1C(=O)Nc1ccc([C@@H]2OC(=O)N(Cc3ccc(F)cc3)[C@@H]2C(=O)Nc2ccc(F)cc2)cc1. The lowest BCUT2D eigenvalue weighted by molar-refractivity contribution is -0.121. The van der Waals surface area contributed by atoms with Gasteiger partial charge in [-0.25, -0.2) is 13.6 Å². The molecular formula is C31H25F2N3O5. The number of carbonyl (C=O) groups excluding carboxylic acids is 3. The van der Waals surface area contributed by atoms with Crippen LogP contribution in [0.4, 0.5) is 25.0 Å². The molecule has 1 aliphatic heterocycles. The number of nitrogens with one attached hydrogen (secondary N) is 2. The Morgan fingerprint density at radius 3 is 2.07 bits per heavy atom. The normalized spacial score (nSPS) is 16.2. The van der Waals surface area contributed by atoms with E-state index in [4.69, 9.17) is 9.47 Å². The van der Waals surface area contributed by atoms with Crippen molar-refractivity contribution in [2.45, 2.75) is 18.7 Å². The first kappa shape index (κ1) is 27.3. The molecule has 4 aromatic rings. The minimum absolute atomic E-state index is 0.00975. The fraction of sp³-hybridized carbons (Fsp3) is 0.129. The van der Waals surface area contributed by atoms with Crippen LogP contribution in [0.3, 0.4) is 0 Å². The summed E-state index contributed by atoms with van der Waals surface area (Å²) in [6.07, 6.45) is -1.73. The average Bonchev–Trinajstić information content (AvgIpc) is 3.31. The second-order valence-electron chi connectivity index (χ2n) is 9.28. The molecule has 5 rings (SSSR count). The monoisotopic (exact) mass is 557 g/mol. The van der Waals surface area contributed by atoms with E-state index in [1.54, 1.807) is 48.5 Å². The maximum Gasteiger partial charge on any atom is 0.411 e. The number of amides is 3. The number of halogens is 2. The number of nitrogens with zero attached hydrogens (tertiary/aromatic N) is 1. The number of hydrogen-bond donors (Lipinski definition) is 2. The van der Waals surface area contributed by atoms with E-state index in [0.29, 0.717) is 33.8 Å². The summed E-state index contributed by atoms with van der Waals surface area (Å²) in [5, 5.41) is 5.51. The molecule has 1 fully saturated rings. The zero-order valence-electron chi connectivity index (χ0n) is 21.8. The van der Waals surface area contributed by atoms with E-state index in [-0.39, 0.29) is 12.5 Å². The van der Waals surface area contributed by atoms with Crippen molar-refractivity contribution in [3.63, 3.8) is 0 Å². The van der Waals surface area contributed by atoms with Crippen molar-refractivity contribution in [3.8, 4) is 5.75 Å². The second kappa shape index (κ2) is 11.9. The molecule has 1 heterocycles. The molecule has 2 N–H and O–H groups in total. The average molecular weight is 558 g/mol. The number of carbonyl (C=O) groups is 3. The zero-order chi connectivity index (χ0) is 28.9. The highest BCUT2D eigenvalue weighted by Crippen LogP contribution is 2.35. The molecule has 0 aromatic heterocycles. The van der Waals surface area contributed by atoms with E-state index in [9.17, 15) is 23.2 Å². The first-order valence-electron chi connectivity index (χ1n) is 12.6. The molecule has 0 bridgehead atoms. The number of anilines is 2. The Morgan fingerprint density at radius 1 is 0.829 bits per heavy atom. The Balaban J connectivity index is 1.39. The summed E-state index contributed by atoms with van der Waals surface area (Å²) in [6.45, 7) is -0.00975. The fourth-order valence-corrected chi connectivity index (χ4v) is 4.53. The summed E-state index contributed by atoms with van der Waals surface area (Å²) >= 11 is 0. The third kappa shape index (κ3) is 6.17. The molecule has 41 heavy (non-hydrogen) atoms. The van der Waals surface area contributed by atoms with Gasteiger partial charge in [0.25, 0.3) is 11.8 Å². The molecule has 8 nitrogen and oxygen atoms in total. The van der Waals surface area contributed by atoms with Gasteiger partial charge in [0.15, 0.2) is 12.1 Å². The van der Waals surface area contributed by atoms with E-state index in [2.05, 4.69) is 10.6 Å². The van der Waals surface area contributed by atoms with E-state index in [1.165, 1.54) is 60.5 Å². The van der Waals surface area contributed by atoms with Crippen molar-refractivity contribution in [3.05, 3.63) is 125 Å². The van der Waals surface area contributed by atoms with Crippen LogP contribution in [0.1, 0.15) is 27.6 Å². The lowest BCUT2D eigenvalue weighted by Crippen LogP contribution is -2.43. The Hall–Kier alpha value is -5.25. The highest BCUT2D eigenvalue weighted by atomic mass is 19.1. The molecule has 0 saturated carbocycles. The van der Waals surface area contributed by atoms with Gasteiger partial charge in [0.05, 0.1) is 19.2 Å². The summed E-state index contributed by atoms with van der Waals surface area (Å²) in [6, 6.07) is 23.1. The Kier molecular flexibility index (Phi) is 7.91. The molecule has 1 aliphatic rings. The number of rotatable bonds is 8. The first-order valence-corrected chi connectivity index (χ1v) is 12.6. The molecule has 0 radical (unpaired) electrons. The quantitative estimate of drug-likeness (QED) is 0.280. The minimum atomic E-state index is -1.10. The third-order valence-electron chi connectivity index (χ3n) is 6.58. The van der Waals surface area contributed by atoms with Crippen LogP contribution in [0.25, 0.3) is 0 Å². The summed E-state index contributed by atoms with van der Waals surface area (Å²) in [4.78, 5) is 40.6. The van der Waals surface area contributed by atoms with E-state index in [0.717, 1.165) is 0 Å². The molecule has 2 atom stereocenters. The number of methoxy groups -OCH3 is 1. The zero-order valence-corrected chi connectivity index (χ0v) is 21.8. The van der Waals surface area contributed by atoms with E-state index < -0.39 is 35.8 Å². The van der Waals surface area contributed by atoms with Gasteiger partial charge in [-0.15, -0.1) is 0 Å². The molecule has 1 saturated heterocycles. The van der Waals surface area contributed by atoms with Crippen molar-refractivity contribution in [1.82, 2.24) is 4.90 Å². The number of benzene rings is 4. The highest BCUT2D eigenvalue weighted by molar-refractivity contribution is 6.06. The van der Waals surface area contributed by atoms with Gasteiger partial charge in [-0.2, -0.15) is 0 Å². The standard InChI is InChI=1S/C31H25F2N3O5/c1-40-26-5-3-2-4-25(26)29(37)34-23-14-8-20(9-15-23)28-27(30(38)35-24-16-12-22(33)13-17-24)36(31(39)41-28)18-19-6-10-21(32)11-7-19/h2-17,27-28H,18H2,1H3,(H,34,37)(H,35,38)/t27-,28-/m0/s1. The lowest BCUT2D eigenvalue weighted by Gasteiger charge is -2.24. The predicted molar refractivity (Wildman–Crippen MR) is 147 cm³/mol. The van der Waals surface area contributed by atoms with E-state index in [1.807, 2.05) is 0 Å². The van der Waals surface area contributed by atoms with Crippen LogP contribution in [0, 0.1) is 11.6 Å². The lowest BCUT2D eigenvalue weighted by atomic mass is 10.00. The molecule has 10 heteroatoms. The number of para-hydroxylation sites is 1. The Bertz CT molecular complexity index is 1560. The van der Waals surface area contributed by atoms with Crippen molar-refractivity contribution in [1.29, 1.82) is 0 Å². The van der Waals surface area contributed by atoms with Crippen LogP contribution in [-0.2, 0) is 16.1 Å². The van der Waals surface area contributed by atoms with Gasteiger partial charge in [-0.1, -0.05) is 36.4 Å². The van der Waals surface area contributed by atoms with Gasteiger partial charge < -0.3 is 20.1 Å². The van der Waals surface area contributed by atoms with Crippen LogP contribution >= 0.6 is 0 Å².